The van der Waals surface area contributed by atoms with Crippen LogP contribution in [0.1, 0.15) is 35.7 Å². The topological polar surface area (TPSA) is 90.3 Å². The Morgan fingerprint density at radius 3 is 2.50 bits per heavy atom. The van der Waals surface area contributed by atoms with Crippen LogP contribution in [0.5, 0.6) is 0 Å². The van der Waals surface area contributed by atoms with Gasteiger partial charge < -0.3 is 4.90 Å². The summed E-state index contributed by atoms with van der Waals surface area (Å²) in [5, 5.41) is 9.23. The molecule has 0 atom stereocenters. The highest BCUT2D eigenvalue weighted by molar-refractivity contribution is 7.88. The Morgan fingerprint density at radius 1 is 1.36 bits per heavy atom. The number of anilines is 1. The molecular weight excluding hydrogens is 302 g/mol. The first-order chi connectivity index (χ1) is 10.3. The lowest BCUT2D eigenvalue weighted by Crippen LogP contribution is -2.44. The van der Waals surface area contributed by atoms with Gasteiger partial charge in [0.1, 0.15) is 6.07 Å². The molecule has 1 aliphatic heterocycles. The van der Waals surface area contributed by atoms with Crippen molar-refractivity contribution in [2.75, 3.05) is 24.2 Å². The van der Waals surface area contributed by atoms with Crippen LogP contribution in [0.3, 0.4) is 0 Å². The molecule has 118 valence electrons. The predicted molar refractivity (Wildman–Crippen MR) is 84.4 cm³/mol. The maximum Gasteiger partial charge on any atom is 0.208 e. The van der Waals surface area contributed by atoms with Gasteiger partial charge in [-0.3, -0.25) is 4.79 Å². The van der Waals surface area contributed by atoms with Crippen LogP contribution in [0.25, 0.3) is 0 Å². The van der Waals surface area contributed by atoms with Crippen LogP contribution in [0.4, 0.5) is 5.69 Å². The summed E-state index contributed by atoms with van der Waals surface area (Å²) >= 11 is 0. The Bertz CT molecular complexity index is 714. The van der Waals surface area contributed by atoms with E-state index in [0.29, 0.717) is 37.1 Å². The molecule has 7 heteroatoms. The minimum Gasteiger partial charge on any atom is -0.370 e. The summed E-state index contributed by atoms with van der Waals surface area (Å²) in [4.78, 5) is 13.5. The SMILES string of the molecule is CC(=O)c1ccc(C#N)c(N2CCC(NS(C)(=O)=O)CC2)c1. The summed E-state index contributed by atoms with van der Waals surface area (Å²) < 4.78 is 25.1. The average Bonchev–Trinajstić information content (AvgIpc) is 2.45. The van der Waals surface area contributed by atoms with E-state index in [0.717, 1.165) is 11.9 Å². The number of hydrogen-bond donors (Lipinski definition) is 1. The van der Waals surface area contributed by atoms with Gasteiger partial charge in [0.15, 0.2) is 5.78 Å². The number of ketones is 1. The molecule has 1 N–H and O–H groups in total. The number of carbonyl (C=O) groups excluding carboxylic acids is 1. The lowest BCUT2D eigenvalue weighted by Gasteiger charge is -2.34. The second-order valence-electron chi connectivity index (χ2n) is 5.55. The zero-order valence-electron chi connectivity index (χ0n) is 12.7. The number of Topliss-reactive ketones (excluding diaryl/α,β-unsaturated/α-hetero) is 1. The first kappa shape index (κ1) is 16.5. The van der Waals surface area contributed by atoms with Crippen molar-refractivity contribution in [3.63, 3.8) is 0 Å². The van der Waals surface area contributed by atoms with E-state index in [4.69, 9.17) is 0 Å². The summed E-state index contributed by atoms with van der Waals surface area (Å²) in [6.45, 7) is 2.78. The van der Waals surface area contributed by atoms with Crippen molar-refractivity contribution in [3.8, 4) is 6.07 Å². The molecule has 1 aromatic rings. The Balaban J connectivity index is 2.15. The van der Waals surface area contributed by atoms with E-state index in [1.807, 2.05) is 4.90 Å². The molecule has 2 rings (SSSR count). The average molecular weight is 321 g/mol. The normalized spacial score (nSPS) is 16.3. The maximum atomic E-state index is 11.5. The van der Waals surface area contributed by atoms with Crippen molar-refractivity contribution in [1.29, 1.82) is 5.26 Å². The quantitative estimate of drug-likeness (QED) is 0.844. The molecule has 0 aromatic heterocycles. The molecule has 0 spiro atoms. The summed E-state index contributed by atoms with van der Waals surface area (Å²) in [5.74, 6) is -0.0423. The molecule has 1 aliphatic rings. The van der Waals surface area contributed by atoms with Crippen molar-refractivity contribution in [2.45, 2.75) is 25.8 Å². The Morgan fingerprint density at radius 2 is 2.00 bits per heavy atom. The molecule has 1 saturated heterocycles. The lowest BCUT2D eigenvalue weighted by molar-refractivity contribution is 0.101. The molecular formula is C15H19N3O3S. The van der Waals surface area contributed by atoms with Crippen LogP contribution >= 0.6 is 0 Å². The van der Waals surface area contributed by atoms with Crippen LogP contribution in [0.15, 0.2) is 18.2 Å². The van der Waals surface area contributed by atoms with E-state index in [1.165, 1.54) is 6.92 Å². The fourth-order valence-corrected chi connectivity index (χ4v) is 3.49. The van der Waals surface area contributed by atoms with E-state index in [1.54, 1.807) is 18.2 Å². The molecule has 0 radical (unpaired) electrons. The molecule has 0 unspecified atom stereocenters. The van der Waals surface area contributed by atoms with Gasteiger partial charge in [0.25, 0.3) is 0 Å². The maximum absolute atomic E-state index is 11.5. The van der Waals surface area contributed by atoms with Crippen LogP contribution in [0.2, 0.25) is 0 Å². The number of benzene rings is 1. The molecule has 1 heterocycles. The first-order valence-electron chi connectivity index (χ1n) is 7.07. The second-order valence-corrected chi connectivity index (χ2v) is 7.33. The smallest absolute Gasteiger partial charge is 0.208 e. The van der Waals surface area contributed by atoms with Crippen LogP contribution in [-0.2, 0) is 10.0 Å². The minimum atomic E-state index is -3.20. The van der Waals surface area contributed by atoms with Crippen LogP contribution < -0.4 is 9.62 Å². The van der Waals surface area contributed by atoms with Gasteiger partial charge in [-0.2, -0.15) is 5.26 Å². The summed E-state index contributed by atoms with van der Waals surface area (Å²) in [6.07, 6.45) is 2.49. The molecule has 0 saturated carbocycles. The van der Waals surface area contributed by atoms with Gasteiger partial charge in [-0.15, -0.1) is 0 Å². The van der Waals surface area contributed by atoms with Crippen molar-refractivity contribution in [3.05, 3.63) is 29.3 Å². The molecule has 0 bridgehead atoms. The highest BCUT2D eigenvalue weighted by Crippen LogP contribution is 2.25. The van der Waals surface area contributed by atoms with Crippen molar-refractivity contribution >= 4 is 21.5 Å². The van der Waals surface area contributed by atoms with E-state index < -0.39 is 10.0 Å². The molecule has 0 aliphatic carbocycles. The van der Waals surface area contributed by atoms with Gasteiger partial charge in [0.2, 0.25) is 10.0 Å². The van der Waals surface area contributed by atoms with Crippen LogP contribution in [-0.4, -0.2) is 39.6 Å². The zero-order valence-corrected chi connectivity index (χ0v) is 13.5. The minimum absolute atomic E-state index is 0.0423. The third kappa shape index (κ3) is 4.06. The van der Waals surface area contributed by atoms with E-state index in [-0.39, 0.29) is 11.8 Å². The number of piperidine rings is 1. The Labute approximate surface area is 130 Å². The van der Waals surface area contributed by atoms with E-state index in [2.05, 4.69) is 10.8 Å². The first-order valence-corrected chi connectivity index (χ1v) is 8.96. The highest BCUT2D eigenvalue weighted by Gasteiger charge is 2.23. The van der Waals surface area contributed by atoms with Gasteiger partial charge in [-0.1, -0.05) is 0 Å². The van der Waals surface area contributed by atoms with Crippen molar-refractivity contribution in [2.24, 2.45) is 0 Å². The van der Waals surface area contributed by atoms with Gasteiger partial charge in [0, 0.05) is 24.7 Å². The molecule has 22 heavy (non-hydrogen) atoms. The number of nitrogens with zero attached hydrogens (tertiary/aromatic N) is 2. The number of rotatable bonds is 4. The molecule has 6 nitrogen and oxygen atoms in total. The standard InChI is InChI=1S/C15H19N3O3S/c1-11(19)12-3-4-13(10-16)15(9-12)18-7-5-14(6-8-18)17-22(2,20)21/h3-4,9,14,17H,5-8H2,1-2H3. The van der Waals surface area contributed by atoms with Crippen molar-refractivity contribution < 1.29 is 13.2 Å². The number of nitrogens with one attached hydrogen (secondary N) is 1. The van der Waals surface area contributed by atoms with Gasteiger partial charge in [-0.05, 0) is 38.0 Å². The van der Waals surface area contributed by atoms with Gasteiger partial charge in [0.05, 0.1) is 17.5 Å². The van der Waals surface area contributed by atoms with E-state index in [9.17, 15) is 18.5 Å². The molecule has 1 fully saturated rings. The third-order valence-electron chi connectivity index (χ3n) is 3.74. The van der Waals surface area contributed by atoms with Crippen LogP contribution in [0, 0.1) is 11.3 Å². The molecule has 0 amide bonds. The zero-order chi connectivity index (χ0) is 16.3. The van der Waals surface area contributed by atoms with E-state index >= 15 is 0 Å². The third-order valence-corrected chi connectivity index (χ3v) is 4.50. The number of sulfonamides is 1. The largest absolute Gasteiger partial charge is 0.370 e. The summed E-state index contributed by atoms with van der Waals surface area (Å²) in [7, 11) is -3.20. The number of hydrogen-bond acceptors (Lipinski definition) is 5. The monoisotopic (exact) mass is 321 g/mol. The Kier molecular flexibility index (Phi) is 4.84. The number of nitriles is 1. The van der Waals surface area contributed by atoms with Gasteiger partial charge in [-0.25, -0.2) is 13.1 Å². The predicted octanol–water partition coefficient (Wildman–Crippen LogP) is 1.28. The Hall–Kier alpha value is -1.91. The van der Waals surface area contributed by atoms with Gasteiger partial charge >= 0.3 is 0 Å². The highest BCUT2D eigenvalue weighted by atomic mass is 32.2. The second kappa shape index (κ2) is 6.46. The fourth-order valence-electron chi connectivity index (χ4n) is 2.65. The lowest BCUT2D eigenvalue weighted by atomic mass is 10.0. The fraction of sp³-hybridized carbons (Fsp3) is 0.467. The molecule has 1 aromatic carbocycles. The van der Waals surface area contributed by atoms with Crippen molar-refractivity contribution in [1.82, 2.24) is 4.72 Å². The number of carbonyl (C=O) groups is 1. The summed E-state index contributed by atoms with van der Waals surface area (Å²) in [5.41, 5.74) is 1.85. The summed E-state index contributed by atoms with van der Waals surface area (Å²) in [6, 6.07) is 7.12.